The summed E-state index contributed by atoms with van der Waals surface area (Å²) in [6.45, 7) is 1.01. The van der Waals surface area contributed by atoms with Crippen molar-refractivity contribution in [2.45, 2.75) is 17.5 Å². The molecule has 0 N–H and O–H groups in total. The molecule has 1 unspecified atom stereocenters. The Bertz CT molecular complexity index is 985. The van der Waals surface area contributed by atoms with Gasteiger partial charge in [-0.2, -0.15) is 4.31 Å². The second-order valence-corrected chi connectivity index (χ2v) is 8.21. The van der Waals surface area contributed by atoms with Crippen LogP contribution in [0.3, 0.4) is 0 Å². The molecule has 1 atom stereocenters. The average Bonchev–Trinajstić information content (AvgIpc) is 3.11. The largest absolute Gasteiger partial charge is 0.348 e. The molecule has 0 saturated heterocycles. The zero-order valence-corrected chi connectivity index (χ0v) is 14.9. The second kappa shape index (κ2) is 6.29. The van der Waals surface area contributed by atoms with Crippen molar-refractivity contribution in [2.75, 3.05) is 6.54 Å². The molecule has 0 aliphatic carbocycles. The molecule has 128 valence electrons. The number of hydrogen-bond donors (Lipinski definition) is 0. The van der Waals surface area contributed by atoms with Crippen molar-refractivity contribution >= 4 is 21.6 Å². The van der Waals surface area contributed by atoms with E-state index in [-0.39, 0.29) is 4.90 Å². The maximum absolute atomic E-state index is 13.2. The van der Waals surface area contributed by atoms with Gasteiger partial charge in [0.25, 0.3) is 0 Å². The van der Waals surface area contributed by atoms with Gasteiger partial charge in [-0.25, -0.2) is 8.42 Å². The van der Waals surface area contributed by atoms with Gasteiger partial charge in [0.15, 0.2) is 0 Å². The second-order valence-electron chi connectivity index (χ2n) is 5.89. The van der Waals surface area contributed by atoms with E-state index >= 15 is 0 Å². The highest BCUT2D eigenvalue weighted by molar-refractivity contribution is 7.89. The first-order valence-corrected chi connectivity index (χ1v) is 9.71. The number of benzene rings is 1. The standard InChI is InChI=1S/C18H16ClN3O2S/c19-15-7-5-14(6-8-15)18-17-4-2-10-21(17)11-12-22(18)25(23,24)16-3-1-9-20-13-16/h1-10,13,18H,11-12H2. The summed E-state index contributed by atoms with van der Waals surface area (Å²) in [4.78, 5) is 4.16. The Kier molecular flexibility index (Phi) is 4.11. The van der Waals surface area contributed by atoms with Crippen LogP contribution in [0.2, 0.25) is 5.02 Å². The number of fused-ring (bicyclic) bond motifs is 1. The van der Waals surface area contributed by atoms with Gasteiger partial charge in [-0.05, 0) is 42.0 Å². The van der Waals surface area contributed by atoms with Crippen LogP contribution >= 0.6 is 11.6 Å². The minimum Gasteiger partial charge on any atom is -0.348 e. The topological polar surface area (TPSA) is 55.2 Å². The molecular weight excluding hydrogens is 358 g/mol. The van der Waals surface area contributed by atoms with Gasteiger partial charge >= 0.3 is 0 Å². The molecule has 0 bridgehead atoms. The highest BCUT2D eigenvalue weighted by Gasteiger charge is 2.37. The fourth-order valence-corrected chi connectivity index (χ4v) is 4.91. The van der Waals surface area contributed by atoms with Gasteiger partial charge in [0.1, 0.15) is 4.90 Å². The van der Waals surface area contributed by atoms with Gasteiger partial charge in [0, 0.05) is 42.4 Å². The first-order chi connectivity index (χ1) is 12.1. The molecule has 0 radical (unpaired) electrons. The lowest BCUT2D eigenvalue weighted by Gasteiger charge is -2.36. The van der Waals surface area contributed by atoms with E-state index in [1.165, 1.54) is 6.20 Å². The SMILES string of the molecule is O=S(=O)(c1cccnc1)N1CCn2cccc2C1c1ccc(Cl)cc1. The number of rotatable bonds is 3. The van der Waals surface area contributed by atoms with E-state index in [0.717, 1.165) is 11.3 Å². The van der Waals surface area contributed by atoms with Crippen LogP contribution in [0.4, 0.5) is 0 Å². The van der Waals surface area contributed by atoms with E-state index < -0.39 is 16.1 Å². The highest BCUT2D eigenvalue weighted by Crippen LogP contribution is 2.36. The number of aromatic nitrogens is 2. The van der Waals surface area contributed by atoms with Gasteiger partial charge in [-0.1, -0.05) is 23.7 Å². The monoisotopic (exact) mass is 373 g/mol. The van der Waals surface area contributed by atoms with Crippen molar-refractivity contribution in [3.05, 3.63) is 83.4 Å². The van der Waals surface area contributed by atoms with Gasteiger partial charge in [0.05, 0.1) is 6.04 Å². The van der Waals surface area contributed by atoms with Crippen LogP contribution in [0.25, 0.3) is 0 Å². The summed E-state index contributed by atoms with van der Waals surface area (Å²) in [5.74, 6) is 0. The van der Waals surface area contributed by atoms with Crippen molar-refractivity contribution < 1.29 is 8.42 Å². The summed E-state index contributed by atoms with van der Waals surface area (Å²) in [7, 11) is -3.67. The summed E-state index contributed by atoms with van der Waals surface area (Å²) >= 11 is 6.01. The molecule has 0 saturated carbocycles. The van der Waals surface area contributed by atoms with Gasteiger partial charge in [-0.3, -0.25) is 4.98 Å². The molecule has 0 fully saturated rings. The summed E-state index contributed by atoms with van der Waals surface area (Å²) < 4.78 is 30.1. The van der Waals surface area contributed by atoms with E-state index in [1.54, 1.807) is 34.8 Å². The third-order valence-electron chi connectivity index (χ3n) is 4.42. The Hall–Kier alpha value is -2.15. The number of hydrogen-bond acceptors (Lipinski definition) is 3. The van der Waals surface area contributed by atoms with Gasteiger partial charge in [0.2, 0.25) is 10.0 Å². The van der Waals surface area contributed by atoms with Gasteiger partial charge in [-0.15, -0.1) is 0 Å². The molecule has 3 aromatic rings. The van der Waals surface area contributed by atoms with E-state index in [2.05, 4.69) is 9.55 Å². The van der Waals surface area contributed by atoms with E-state index in [4.69, 9.17) is 11.6 Å². The van der Waals surface area contributed by atoms with Crippen LogP contribution in [-0.4, -0.2) is 28.8 Å². The van der Waals surface area contributed by atoms with Crippen molar-refractivity contribution in [3.63, 3.8) is 0 Å². The van der Waals surface area contributed by atoms with E-state index in [9.17, 15) is 8.42 Å². The maximum atomic E-state index is 13.2. The quantitative estimate of drug-likeness (QED) is 0.707. The third kappa shape index (κ3) is 2.86. The molecule has 1 aliphatic rings. The summed E-state index contributed by atoms with van der Waals surface area (Å²) in [6.07, 6.45) is 4.94. The summed E-state index contributed by atoms with van der Waals surface area (Å²) in [6, 6.07) is 14.0. The Balaban J connectivity index is 1.85. The molecule has 3 heterocycles. The van der Waals surface area contributed by atoms with Crippen LogP contribution < -0.4 is 0 Å². The Labute approximate surface area is 151 Å². The Morgan fingerprint density at radius 2 is 1.84 bits per heavy atom. The van der Waals surface area contributed by atoms with Crippen molar-refractivity contribution in [1.82, 2.24) is 13.9 Å². The van der Waals surface area contributed by atoms with Crippen LogP contribution in [0.15, 0.2) is 72.0 Å². The van der Waals surface area contributed by atoms with Crippen LogP contribution in [0.5, 0.6) is 0 Å². The number of pyridine rings is 1. The maximum Gasteiger partial charge on any atom is 0.245 e. The smallest absolute Gasteiger partial charge is 0.245 e. The number of nitrogens with zero attached hydrogens (tertiary/aromatic N) is 3. The first kappa shape index (κ1) is 16.3. The Morgan fingerprint density at radius 3 is 2.56 bits per heavy atom. The van der Waals surface area contributed by atoms with Crippen molar-refractivity contribution in [2.24, 2.45) is 0 Å². The van der Waals surface area contributed by atoms with Crippen LogP contribution in [0.1, 0.15) is 17.3 Å². The number of halogens is 1. The highest BCUT2D eigenvalue weighted by atomic mass is 35.5. The minimum atomic E-state index is -3.67. The summed E-state index contributed by atoms with van der Waals surface area (Å²) in [5.41, 5.74) is 1.83. The summed E-state index contributed by atoms with van der Waals surface area (Å²) in [5, 5.41) is 0.622. The fourth-order valence-electron chi connectivity index (χ4n) is 3.24. The lowest BCUT2D eigenvalue weighted by Crippen LogP contribution is -2.42. The zero-order valence-electron chi connectivity index (χ0n) is 13.3. The molecule has 25 heavy (non-hydrogen) atoms. The lowest BCUT2D eigenvalue weighted by atomic mass is 10.0. The predicted octanol–water partition coefficient (Wildman–Crippen LogP) is 3.33. The average molecular weight is 374 g/mol. The minimum absolute atomic E-state index is 0.203. The first-order valence-electron chi connectivity index (χ1n) is 7.90. The van der Waals surface area contributed by atoms with E-state index in [1.807, 2.05) is 30.5 Å². The molecule has 1 aromatic carbocycles. The molecule has 7 heteroatoms. The molecular formula is C18H16ClN3O2S. The molecule has 2 aromatic heterocycles. The Morgan fingerprint density at radius 1 is 1.04 bits per heavy atom. The fraction of sp³-hybridized carbons (Fsp3) is 0.167. The number of sulfonamides is 1. The van der Waals surface area contributed by atoms with Crippen LogP contribution in [-0.2, 0) is 16.6 Å². The third-order valence-corrected chi connectivity index (χ3v) is 6.52. The van der Waals surface area contributed by atoms with Crippen LogP contribution in [0, 0.1) is 0 Å². The van der Waals surface area contributed by atoms with Crippen molar-refractivity contribution in [1.29, 1.82) is 0 Å². The zero-order chi connectivity index (χ0) is 17.4. The molecule has 4 rings (SSSR count). The normalized spacial score (nSPS) is 18.0. The van der Waals surface area contributed by atoms with Gasteiger partial charge < -0.3 is 4.57 Å². The molecule has 0 amide bonds. The molecule has 5 nitrogen and oxygen atoms in total. The molecule has 0 spiro atoms. The molecule has 1 aliphatic heterocycles. The van der Waals surface area contributed by atoms with E-state index in [0.29, 0.717) is 18.1 Å². The predicted molar refractivity (Wildman–Crippen MR) is 95.9 cm³/mol. The van der Waals surface area contributed by atoms with Crippen molar-refractivity contribution in [3.8, 4) is 0 Å². The lowest BCUT2D eigenvalue weighted by molar-refractivity contribution is 0.298.